The molecule has 0 unspecified atom stereocenters. The first-order valence-corrected chi connectivity index (χ1v) is 7.35. The number of aryl methyl sites for hydroxylation is 2. The van der Waals surface area contributed by atoms with Gasteiger partial charge in [0.25, 0.3) is 0 Å². The summed E-state index contributed by atoms with van der Waals surface area (Å²) < 4.78 is 2.18. The number of imidazole rings is 1. The highest BCUT2D eigenvalue weighted by Crippen LogP contribution is 2.13. The molecule has 21 heavy (non-hydrogen) atoms. The lowest BCUT2D eigenvalue weighted by Gasteiger charge is -2.19. The van der Waals surface area contributed by atoms with Crippen molar-refractivity contribution >= 4 is 11.6 Å². The number of rotatable bonds is 8. The molecule has 0 atom stereocenters. The highest BCUT2D eigenvalue weighted by Gasteiger charge is 2.05. The van der Waals surface area contributed by atoms with Gasteiger partial charge in [0.15, 0.2) is 0 Å². The molecule has 2 aromatic rings. The van der Waals surface area contributed by atoms with E-state index >= 15 is 0 Å². The van der Waals surface area contributed by atoms with Crippen LogP contribution in [-0.2, 0) is 6.54 Å². The van der Waals surface area contributed by atoms with Crippen LogP contribution in [0.1, 0.15) is 12.1 Å². The fraction of sp³-hybridized carbons (Fsp3) is 0.353. The van der Waals surface area contributed by atoms with Crippen molar-refractivity contribution in [3.05, 3.63) is 54.9 Å². The van der Waals surface area contributed by atoms with Crippen LogP contribution >= 0.6 is 0 Å². The predicted molar refractivity (Wildman–Crippen MR) is 90.0 cm³/mol. The first kappa shape index (κ1) is 15.2. The van der Waals surface area contributed by atoms with Gasteiger partial charge in [-0.05, 0) is 25.5 Å². The van der Waals surface area contributed by atoms with Gasteiger partial charge >= 0.3 is 0 Å². The van der Waals surface area contributed by atoms with Crippen molar-refractivity contribution < 1.29 is 0 Å². The molecule has 4 nitrogen and oxygen atoms in total. The normalized spacial score (nSPS) is 10.4. The first-order chi connectivity index (χ1) is 10.2. The lowest BCUT2D eigenvalue weighted by molar-refractivity contribution is 0.642. The van der Waals surface area contributed by atoms with Gasteiger partial charge in [0.1, 0.15) is 0 Å². The third-order valence-corrected chi connectivity index (χ3v) is 3.39. The zero-order chi connectivity index (χ0) is 15.1. The number of hydrogen-bond acceptors (Lipinski definition) is 3. The third-order valence-electron chi connectivity index (χ3n) is 3.39. The van der Waals surface area contributed by atoms with Crippen LogP contribution in [0.15, 0.2) is 49.2 Å². The summed E-state index contributed by atoms with van der Waals surface area (Å²) in [5, 5.41) is 3.27. The number of hydrogen-bond donors (Lipinski definition) is 1. The number of benzene rings is 1. The molecule has 0 aliphatic carbocycles. The Hall–Kier alpha value is -2.23. The van der Waals surface area contributed by atoms with Crippen molar-refractivity contribution in [2.45, 2.75) is 19.9 Å². The molecular weight excluding hydrogens is 260 g/mol. The SMILES string of the molecule is C=CCNc1nc(C)cn1CCCN(C)c1ccccc1. The van der Waals surface area contributed by atoms with Crippen LogP contribution in [0.25, 0.3) is 0 Å². The average Bonchev–Trinajstić information content (AvgIpc) is 2.86. The van der Waals surface area contributed by atoms with Crippen LogP contribution in [0, 0.1) is 6.92 Å². The maximum absolute atomic E-state index is 4.49. The second-order valence-electron chi connectivity index (χ2n) is 5.18. The van der Waals surface area contributed by atoms with Gasteiger partial charge in [0.2, 0.25) is 5.95 Å². The number of nitrogens with zero attached hydrogens (tertiary/aromatic N) is 3. The van der Waals surface area contributed by atoms with Gasteiger partial charge in [-0.2, -0.15) is 0 Å². The van der Waals surface area contributed by atoms with Crippen LogP contribution in [0.5, 0.6) is 0 Å². The van der Waals surface area contributed by atoms with E-state index in [0.717, 1.165) is 37.7 Å². The molecule has 0 spiro atoms. The summed E-state index contributed by atoms with van der Waals surface area (Å²) in [6, 6.07) is 10.5. The smallest absolute Gasteiger partial charge is 0.203 e. The van der Waals surface area contributed by atoms with E-state index in [4.69, 9.17) is 0 Å². The molecule has 0 saturated heterocycles. The van der Waals surface area contributed by atoms with E-state index in [2.05, 4.69) is 63.9 Å². The van der Waals surface area contributed by atoms with E-state index in [-0.39, 0.29) is 0 Å². The molecule has 1 aromatic carbocycles. The molecule has 4 heteroatoms. The van der Waals surface area contributed by atoms with E-state index in [1.54, 1.807) is 0 Å². The van der Waals surface area contributed by atoms with Crippen molar-refractivity contribution in [1.82, 2.24) is 9.55 Å². The number of aromatic nitrogens is 2. The molecule has 0 radical (unpaired) electrons. The molecule has 2 rings (SSSR count). The maximum Gasteiger partial charge on any atom is 0.203 e. The van der Waals surface area contributed by atoms with Gasteiger partial charge in [-0.1, -0.05) is 24.3 Å². The lowest BCUT2D eigenvalue weighted by atomic mass is 10.3. The summed E-state index contributed by atoms with van der Waals surface area (Å²) in [4.78, 5) is 6.77. The first-order valence-electron chi connectivity index (χ1n) is 7.35. The molecule has 0 amide bonds. The van der Waals surface area contributed by atoms with Gasteiger partial charge in [-0.25, -0.2) is 4.98 Å². The van der Waals surface area contributed by atoms with E-state index in [9.17, 15) is 0 Å². The van der Waals surface area contributed by atoms with Crippen LogP contribution in [0.4, 0.5) is 11.6 Å². The fourth-order valence-electron chi connectivity index (χ4n) is 2.31. The van der Waals surface area contributed by atoms with Crippen molar-refractivity contribution in [3.63, 3.8) is 0 Å². The average molecular weight is 284 g/mol. The Morgan fingerprint density at radius 1 is 1.33 bits per heavy atom. The summed E-state index contributed by atoms with van der Waals surface area (Å²) in [5.41, 5.74) is 2.29. The van der Waals surface area contributed by atoms with Crippen molar-refractivity contribution in [3.8, 4) is 0 Å². The van der Waals surface area contributed by atoms with Gasteiger partial charge in [0.05, 0.1) is 5.69 Å². The summed E-state index contributed by atoms with van der Waals surface area (Å²) in [6.45, 7) is 8.45. The van der Waals surface area contributed by atoms with E-state index < -0.39 is 0 Å². The number of nitrogens with one attached hydrogen (secondary N) is 1. The second kappa shape index (κ2) is 7.53. The molecule has 0 bridgehead atoms. The molecule has 1 N–H and O–H groups in total. The standard InChI is InChI=1S/C17H24N4/c1-4-11-18-17-19-15(2)14-21(17)13-8-12-20(3)16-9-6-5-7-10-16/h4-7,9-10,14H,1,8,11-13H2,2-3H3,(H,18,19). The Bertz CT molecular complexity index is 559. The molecular formula is C17H24N4. The minimum atomic E-state index is 0.736. The summed E-state index contributed by atoms with van der Waals surface area (Å²) in [5.74, 6) is 0.926. The number of para-hydroxylation sites is 1. The molecule has 112 valence electrons. The van der Waals surface area contributed by atoms with Crippen LogP contribution in [0.2, 0.25) is 0 Å². The van der Waals surface area contributed by atoms with E-state index in [0.29, 0.717) is 0 Å². The topological polar surface area (TPSA) is 33.1 Å². The monoisotopic (exact) mass is 284 g/mol. The minimum absolute atomic E-state index is 0.736. The van der Waals surface area contributed by atoms with Crippen molar-refractivity contribution in [2.75, 3.05) is 30.4 Å². The van der Waals surface area contributed by atoms with Gasteiger partial charge in [-0.3, -0.25) is 0 Å². The molecule has 0 aliphatic heterocycles. The van der Waals surface area contributed by atoms with Crippen LogP contribution in [0.3, 0.4) is 0 Å². The lowest BCUT2D eigenvalue weighted by Crippen LogP contribution is -2.20. The fourth-order valence-corrected chi connectivity index (χ4v) is 2.31. The van der Waals surface area contributed by atoms with E-state index in [1.165, 1.54) is 5.69 Å². The molecule has 0 saturated carbocycles. The van der Waals surface area contributed by atoms with Gasteiger partial charge < -0.3 is 14.8 Å². The maximum atomic E-state index is 4.49. The van der Waals surface area contributed by atoms with Gasteiger partial charge in [-0.15, -0.1) is 6.58 Å². The minimum Gasteiger partial charge on any atom is -0.375 e. The zero-order valence-corrected chi connectivity index (χ0v) is 12.9. The second-order valence-corrected chi connectivity index (χ2v) is 5.18. The molecule has 1 aromatic heterocycles. The van der Waals surface area contributed by atoms with Crippen molar-refractivity contribution in [1.29, 1.82) is 0 Å². The largest absolute Gasteiger partial charge is 0.375 e. The Kier molecular flexibility index (Phi) is 5.43. The Labute approximate surface area is 127 Å². The molecule has 0 fully saturated rings. The van der Waals surface area contributed by atoms with Gasteiger partial charge in [0, 0.05) is 38.6 Å². The molecule has 0 aliphatic rings. The quantitative estimate of drug-likeness (QED) is 0.755. The van der Waals surface area contributed by atoms with E-state index in [1.807, 2.05) is 19.1 Å². The van der Waals surface area contributed by atoms with Crippen molar-refractivity contribution in [2.24, 2.45) is 0 Å². The Morgan fingerprint density at radius 3 is 2.81 bits per heavy atom. The predicted octanol–water partition coefficient (Wildman–Crippen LogP) is 3.32. The third kappa shape index (κ3) is 4.38. The molecule has 1 heterocycles. The highest BCUT2D eigenvalue weighted by molar-refractivity contribution is 5.44. The zero-order valence-electron chi connectivity index (χ0n) is 12.9. The summed E-state index contributed by atoms with van der Waals surface area (Å²) >= 11 is 0. The van der Waals surface area contributed by atoms with Crippen LogP contribution < -0.4 is 10.2 Å². The summed E-state index contributed by atoms with van der Waals surface area (Å²) in [6.07, 6.45) is 5.01. The highest BCUT2D eigenvalue weighted by atomic mass is 15.2. The Balaban J connectivity index is 1.87. The van der Waals surface area contributed by atoms with Crippen LogP contribution in [-0.4, -0.2) is 29.7 Å². The summed E-state index contributed by atoms with van der Waals surface area (Å²) in [7, 11) is 2.13. The Morgan fingerprint density at radius 2 is 2.10 bits per heavy atom. The number of anilines is 2.